The van der Waals surface area contributed by atoms with Gasteiger partial charge in [0.15, 0.2) is 5.69 Å². The predicted octanol–water partition coefficient (Wildman–Crippen LogP) is 1.91. The number of hydrogen-bond acceptors (Lipinski definition) is 6. The summed E-state index contributed by atoms with van der Waals surface area (Å²) in [4.78, 5) is 21.5. The largest absolute Gasteiger partial charge is 0.497 e. The van der Waals surface area contributed by atoms with Crippen LogP contribution in [0.5, 0.6) is 5.75 Å². The van der Waals surface area contributed by atoms with E-state index in [0.29, 0.717) is 12.4 Å². The molecule has 6 heteroatoms. The van der Waals surface area contributed by atoms with Crippen molar-refractivity contribution >= 4 is 11.8 Å². The SMILES string of the molecule is COC(=O)c1cnc(N(C)Cc2ccc(OC)cc2)cn1. The maximum atomic E-state index is 11.3. The average Bonchev–Trinajstić information content (AvgIpc) is 2.55. The van der Waals surface area contributed by atoms with E-state index in [4.69, 9.17) is 4.74 Å². The monoisotopic (exact) mass is 287 g/mol. The van der Waals surface area contributed by atoms with Gasteiger partial charge in [-0.05, 0) is 17.7 Å². The predicted molar refractivity (Wildman–Crippen MR) is 78.5 cm³/mol. The Bertz CT molecular complexity index is 597. The van der Waals surface area contributed by atoms with E-state index in [-0.39, 0.29) is 5.69 Å². The van der Waals surface area contributed by atoms with Crippen LogP contribution in [0.3, 0.4) is 0 Å². The summed E-state index contributed by atoms with van der Waals surface area (Å²) >= 11 is 0. The summed E-state index contributed by atoms with van der Waals surface area (Å²) in [5.74, 6) is 1.01. The zero-order valence-corrected chi connectivity index (χ0v) is 12.2. The highest BCUT2D eigenvalue weighted by Gasteiger charge is 2.09. The molecule has 1 aromatic heterocycles. The molecule has 1 heterocycles. The molecule has 0 N–H and O–H groups in total. The number of ether oxygens (including phenoxy) is 2. The number of anilines is 1. The van der Waals surface area contributed by atoms with Crippen LogP contribution in [-0.2, 0) is 11.3 Å². The molecule has 21 heavy (non-hydrogen) atoms. The Morgan fingerprint density at radius 2 is 1.86 bits per heavy atom. The zero-order chi connectivity index (χ0) is 15.2. The second-order valence-electron chi connectivity index (χ2n) is 4.46. The third-order valence-corrected chi connectivity index (χ3v) is 3.00. The van der Waals surface area contributed by atoms with Gasteiger partial charge in [0, 0.05) is 13.6 Å². The Morgan fingerprint density at radius 3 is 2.38 bits per heavy atom. The van der Waals surface area contributed by atoms with Crippen LogP contribution in [0.4, 0.5) is 5.82 Å². The highest BCUT2D eigenvalue weighted by atomic mass is 16.5. The number of esters is 1. The van der Waals surface area contributed by atoms with Crippen LogP contribution in [0.1, 0.15) is 16.1 Å². The molecule has 0 saturated heterocycles. The lowest BCUT2D eigenvalue weighted by atomic mass is 10.2. The van der Waals surface area contributed by atoms with E-state index in [9.17, 15) is 4.79 Å². The molecule has 1 aromatic carbocycles. The van der Waals surface area contributed by atoms with Crippen molar-refractivity contribution in [2.45, 2.75) is 6.54 Å². The van der Waals surface area contributed by atoms with E-state index < -0.39 is 5.97 Å². The van der Waals surface area contributed by atoms with Crippen molar-refractivity contribution in [3.63, 3.8) is 0 Å². The lowest BCUT2D eigenvalue weighted by Gasteiger charge is -2.18. The molecular formula is C15H17N3O3. The second kappa shape index (κ2) is 6.69. The molecule has 0 radical (unpaired) electrons. The van der Waals surface area contributed by atoms with E-state index in [1.807, 2.05) is 36.2 Å². The lowest BCUT2D eigenvalue weighted by molar-refractivity contribution is 0.0593. The summed E-state index contributed by atoms with van der Waals surface area (Å²) in [6.45, 7) is 0.677. The standard InChI is InChI=1S/C15H17N3O3/c1-18(10-11-4-6-12(20-2)7-5-11)14-9-16-13(8-17-14)15(19)21-3/h4-9H,10H2,1-3H3. The maximum absolute atomic E-state index is 11.3. The quantitative estimate of drug-likeness (QED) is 0.783. The third-order valence-electron chi connectivity index (χ3n) is 3.00. The molecule has 6 nitrogen and oxygen atoms in total. The molecular weight excluding hydrogens is 270 g/mol. The third kappa shape index (κ3) is 3.68. The Hall–Kier alpha value is -2.63. The molecule has 110 valence electrons. The van der Waals surface area contributed by atoms with Gasteiger partial charge >= 0.3 is 5.97 Å². The van der Waals surface area contributed by atoms with Crippen LogP contribution in [0.25, 0.3) is 0 Å². The van der Waals surface area contributed by atoms with E-state index >= 15 is 0 Å². The lowest BCUT2D eigenvalue weighted by Crippen LogP contribution is -2.18. The van der Waals surface area contributed by atoms with Crippen molar-refractivity contribution < 1.29 is 14.3 Å². The molecule has 0 spiro atoms. The number of rotatable bonds is 5. The van der Waals surface area contributed by atoms with Crippen molar-refractivity contribution in [2.24, 2.45) is 0 Å². The van der Waals surface area contributed by atoms with Gasteiger partial charge in [-0.25, -0.2) is 14.8 Å². The Morgan fingerprint density at radius 1 is 1.14 bits per heavy atom. The molecule has 0 saturated carbocycles. The fourth-order valence-electron chi connectivity index (χ4n) is 1.81. The number of carbonyl (C=O) groups is 1. The Kier molecular flexibility index (Phi) is 4.71. The summed E-state index contributed by atoms with van der Waals surface area (Å²) in [7, 11) is 4.86. The first kappa shape index (κ1) is 14.8. The minimum Gasteiger partial charge on any atom is -0.497 e. The van der Waals surface area contributed by atoms with Gasteiger partial charge < -0.3 is 14.4 Å². The highest BCUT2D eigenvalue weighted by Crippen LogP contribution is 2.15. The normalized spacial score (nSPS) is 10.0. The van der Waals surface area contributed by atoms with Crippen molar-refractivity contribution in [2.75, 3.05) is 26.2 Å². The van der Waals surface area contributed by atoms with Gasteiger partial charge in [-0.2, -0.15) is 0 Å². The summed E-state index contributed by atoms with van der Waals surface area (Å²) in [5, 5.41) is 0. The Labute approximate surface area is 123 Å². The fraction of sp³-hybridized carbons (Fsp3) is 0.267. The van der Waals surface area contributed by atoms with Gasteiger partial charge in [0.2, 0.25) is 0 Å². The van der Waals surface area contributed by atoms with E-state index in [1.165, 1.54) is 13.3 Å². The van der Waals surface area contributed by atoms with Crippen molar-refractivity contribution in [3.8, 4) is 5.75 Å². The van der Waals surface area contributed by atoms with Gasteiger partial charge in [-0.15, -0.1) is 0 Å². The molecule has 0 bridgehead atoms. The molecule has 2 rings (SSSR count). The van der Waals surface area contributed by atoms with E-state index in [2.05, 4.69) is 14.7 Å². The maximum Gasteiger partial charge on any atom is 0.358 e. The first-order valence-electron chi connectivity index (χ1n) is 6.38. The highest BCUT2D eigenvalue weighted by molar-refractivity contribution is 5.86. The van der Waals surface area contributed by atoms with E-state index in [0.717, 1.165) is 11.3 Å². The minimum atomic E-state index is -0.494. The molecule has 0 aliphatic heterocycles. The number of aromatic nitrogens is 2. The van der Waals surface area contributed by atoms with Crippen molar-refractivity contribution in [1.82, 2.24) is 9.97 Å². The van der Waals surface area contributed by atoms with Crippen LogP contribution in [-0.4, -0.2) is 37.2 Å². The Balaban J connectivity index is 2.05. The molecule has 0 fully saturated rings. The minimum absolute atomic E-state index is 0.194. The van der Waals surface area contributed by atoms with E-state index in [1.54, 1.807) is 13.3 Å². The number of nitrogens with zero attached hydrogens (tertiary/aromatic N) is 3. The first-order chi connectivity index (χ1) is 10.1. The first-order valence-corrected chi connectivity index (χ1v) is 6.38. The zero-order valence-electron chi connectivity index (χ0n) is 12.2. The van der Waals surface area contributed by atoms with Gasteiger partial charge in [0.05, 0.1) is 26.6 Å². The smallest absolute Gasteiger partial charge is 0.358 e. The molecule has 0 unspecified atom stereocenters. The molecule has 0 atom stereocenters. The van der Waals surface area contributed by atoms with Crippen LogP contribution in [0.2, 0.25) is 0 Å². The fourth-order valence-corrected chi connectivity index (χ4v) is 1.81. The van der Waals surface area contributed by atoms with Gasteiger partial charge in [0.25, 0.3) is 0 Å². The van der Waals surface area contributed by atoms with Gasteiger partial charge in [0.1, 0.15) is 11.6 Å². The van der Waals surface area contributed by atoms with Crippen molar-refractivity contribution in [3.05, 3.63) is 47.9 Å². The summed E-state index contributed by atoms with van der Waals surface area (Å²) in [6, 6.07) is 7.81. The average molecular weight is 287 g/mol. The van der Waals surface area contributed by atoms with Gasteiger partial charge in [-0.1, -0.05) is 12.1 Å². The van der Waals surface area contributed by atoms with Crippen molar-refractivity contribution in [1.29, 1.82) is 0 Å². The summed E-state index contributed by atoms with van der Waals surface area (Å²) in [6.07, 6.45) is 2.96. The molecule has 0 aliphatic carbocycles. The molecule has 2 aromatic rings. The second-order valence-corrected chi connectivity index (χ2v) is 4.46. The molecule has 0 aliphatic rings. The van der Waals surface area contributed by atoms with Crippen LogP contribution in [0, 0.1) is 0 Å². The number of benzene rings is 1. The summed E-state index contributed by atoms with van der Waals surface area (Å²) < 4.78 is 9.71. The molecule has 0 amide bonds. The van der Waals surface area contributed by atoms with Crippen LogP contribution in [0.15, 0.2) is 36.7 Å². The number of carbonyl (C=O) groups excluding carboxylic acids is 1. The van der Waals surface area contributed by atoms with Gasteiger partial charge in [-0.3, -0.25) is 0 Å². The number of hydrogen-bond donors (Lipinski definition) is 0. The van der Waals surface area contributed by atoms with Crippen LogP contribution < -0.4 is 9.64 Å². The number of methoxy groups -OCH3 is 2. The topological polar surface area (TPSA) is 64.5 Å². The van der Waals surface area contributed by atoms with Crippen LogP contribution >= 0.6 is 0 Å². The summed E-state index contributed by atoms with van der Waals surface area (Å²) in [5.41, 5.74) is 1.32.